The Balaban J connectivity index is 4.25. The summed E-state index contributed by atoms with van der Waals surface area (Å²) < 4.78 is 17.0. The van der Waals surface area contributed by atoms with Crippen LogP contribution in [0.5, 0.6) is 0 Å². The van der Waals surface area contributed by atoms with E-state index < -0.39 is 6.10 Å². The van der Waals surface area contributed by atoms with Crippen LogP contribution >= 0.6 is 0 Å². The van der Waals surface area contributed by atoms with Crippen molar-refractivity contribution in [3.63, 3.8) is 0 Å². The molecule has 428 valence electrons. The molecule has 0 aromatic rings. The predicted octanol–water partition coefficient (Wildman–Crippen LogP) is 22.1. The molecule has 2 atom stereocenters. The van der Waals surface area contributed by atoms with Gasteiger partial charge in [0, 0.05) is 19.3 Å². The van der Waals surface area contributed by atoms with E-state index in [0.29, 0.717) is 19.3 Å². The number of rotatable bonds is 61. The number of carbonyl (C=O) groups excluding carboxylic acids is 3. The predicted molar refractivity (Wildman–Crippen MR) is 312 cm³/mol. The van der Waals surface area contributed by atoms with Crippen LogP contribution in [0.1, 0.15) is 381 Å². The molecular formula is C66H128O6. The zero-order valence-corrected chi connectivity index (χ0v) is 49.4. The van der Waals surface area contributed by atoms with Gasteiger partial charge in [0.05, 0.1) is 0 Å². The van der Waals surface area contributed by atoms with Crippen LogP contribution in [0.2, 0.25) is 0 Å². The van der Waals surface area contributed by atoms with Crippen LogP contribution in [0.25, 0.3) is 0 Å². The normalized spacial score (nSPS) is 12.3. The Morgan fingerprint density at radius 2 is 0.486 bits per heavy atom. The molecule has 6 heteroatoms. The molecule has 0 amide bonds. The lowest BCUT2D eigenvalue weighted by Crippen LogP contribution is -2.30. The molecule has 0 aromatic heterocycles. The van der Waals surface area contributed by atoms with E-state index in [-0.39, 0.29) is 31.1 Å². The van der Waals surface area contributed by atoms with Crippen molar-refractivity contribution in [2.24, 2.45) is 5.92 Å². The molecule has 72 heavy (non-hydrogen) atoms. The highest BCUT2D eigenvalue weighted by Gasteiger charge is 2.19. The SMILES string of the molecule is CCCCCCCCCCCCCCCCCCCC(=O)O[C@H](COC(=O)CCCCCCCCCCCCCCCCC)COC(=O)CCCCCCCCCCCCCCCCCCCCC(C)CC. The number of ether oxygens (including phenoxy) is 3. The standard InChI is InChI=1S/C66H128O6/c1-5-8-10-12-14-16-18-20-22-25-31-35-39-43-47-51-55-59-66(69)72-63(60-70-64(67)57-53-49-45-41-37-33-28-21-19-17-15-13-11-9-6-2)61-71-65(68)58-54-50-46-42-38-34-30-27-24-23-26-29-32-36-40-44-48-52-56-62(4)7-3/h62-63H,5-61H2,1-4H3/t62?,63-/m1/s1. The van der Waals surface area contributed by atoms with Gasteiger partial charge >= 0.3 is 17.9 Å². The number of hydrogen-bond donors (Lipinski definition) is 0. The lowest BCUT2D eigenvalue weighted by atomic mass is 9.99. The molecule has 0 rings (SSSR count). The highest BCUT2D eigenvalue weighted by atomic mass is 16.6. The fourth-order valence-electron chi connectivity index (χ4n) is 10.3. The van der Waals surface area contributed by atoms with Gasteiger partial charge < -0.3 is 14.2 Å². The fourth-order valence-corrected chi connectivity index (χ4v) is 10.3. The summed E-state index contributed by atoms with van der Waals surface area (Å²) in [6.07, 6.45) is 68.1. The monoisotopic (exact) mass is 1020 g/mol. The third-order valence-electron chi connectivity index (χ3n) is 15.7. The van der Waals surface area contributed by atoms with Gasteiger partial charge in [-0.25, -0.2) is 0 Å². The highest BCUT2D eigenvalue weighted by Crippen LogP contribution is 2.19. The topological polar surface area (TPSA) is 78.9 Å². The van der Waals surface area contributed by atoms with E-state index in [9.17, 15) is 14.4 Å². The first-order valence-corrected chi connectivity index (χ1v) is 32.9. The van der Waals surface area contributed by atoms with E-state index in [4.69, 9.17) is 14.2 Å². The molecule has 1 unspecified atom stereocenters. The Labute approximate surface area is 450 Å². The lowest BCUT2D eigenvalue weighted by Gasteiger charge is -2.18. The fraction of sp³-hybridized carbons (Fsp3) is 0.955. The second kappa shape index (κ2) is 60.3. The Morgan fingerprint density at radius 3 is 0.722 bits per heavy atom. The van der Waals surface area contributed by atoms with Crippen molar-refractivity contribution in [1.82, 2.24) is 0 Å². The maximum Gasteiger partial charge on any atom is 0.306 e. The first kappa shape index (κ1) is 70.4. The van der Waals surface area contributed by atoms with E-state index in [1.54, 1.807) is 0 Å². The van der Waals surface area contributed by atoms with Gasteiger partial charge in [-0.3, -0.25) is 14.4 Å². The molecule has 0 saturated heterocycles. The third kappa shape index (κ3) is 57.7. The average Bonchev–Trinajstić information content (AvgIpc) is 3.38. The summed E-state index contributed by atoms with van der Waals surface area (Å²) in [6, 6.07) is 0. The van der Waals surface area contributed by atoms with Crippen LogP contribution in [0.3, 0.4) is 0 Å². The van der Waals surface area contributed by atoms with Gasteiger partial charge in [-0.15, -0.1) is 0 Å². The van der Waals surface area contributed by atoms with Gasteiger partial charge in [0.2, 0.25) is 0 Å². The Kier molecular flexibility index (Phi) is 58.9. The molecule has 0 N–H and O–H groups in total. The van der Waals surface area contributed by atoms with Gasteiger partial charge in [-0.05, 0) is 25.2 Å². The Morgan fingerprint density at radius 1 is 0.278 bits per heavy atom. The molecule has 0 aromatic carbocycles. The van der Waals surface area contributed by atoms with Crippen LogP contribution in [0.4, 0.5) is 0 Å². The number of carbonyl (C=O) groups is 3. The maximum absolute atomic E-state index is 12.9. The molecule has 6 nitrogen and oxygen atoms in total. The first-order chi connectivity index (χ1) is 35.4. The third-order valence-corrected chi connectivity index (χ3v) is 15.7. The second-order valence-corrected chi connectivity index (χ2v) is 23.0. The molecule has 0 aliphatic carbocycles. The number of esters is 3. The Bertz CT molecular complexity index is 1090. The smallest absolute Gasteiger partial charge is 0.306 e. The van der Waals surface area contributed by atoms with E-state index in [1.165, 1.54) is 276 Å². The summed E-state index contributed by atoms with van der Waals surface area (Å²) in [4.78, 5) is 38.3. The second-order valence-electron chi connectivity index (χ2n) is 23.0. The van der Waals surface area contributed by atoms with Crippen molar-refractivity contribution in [3.8, 4) is 0 Å². The minimum Gasteiger partial charge on any atom is -0.462 e. The quantitative estimate of drug-likeness (QED) is 0.0343. The summed E-state index contributed by atoms with van der Waals surface area (Å²) in [5, 5.41) is 0. The van der Waals surface area contributed by atoms with Crippen LogP contribution in [-0.2, 0) is 28.6 Å². The summed E-state index contributed by atoms with van der Waals surface area (Å²) in [5.41, 5.74) is 0. The minimum absolute atomic E-state index is 0.0609. The van der Waals surface area contributed by atoms with Gasteiger partial charge in [-0.2, -0.15) is 0 Å². The van der Waals surface area contributed by atoms with Gasteiger partial charge in [0.1, 0.15) is 13.2 Å². The Hall–Kier alpha value is -1.59. The summed E-state index contributed by atoms with van der Waals surface area (Å²) in [6.45, 7) is 9.14. The van der Waals surface area contributed by atoms with E-state index in [0.717, 1.165) is 63.7 Å². The molecule has 0 aliphatic heterocycles. The molecule has 0 spiro atoms. The largest absolute Gasteiger partial charge is 0.462 e. The van der Waals surface area contributed by atoms with Crippen LogP contribution in [-0.4, -0.2) is 37.2 Å². The van der Waals surface area contributed by atoms with Gasteiger partial charge in [0.25, 0.3) is 0 Å². The summed E-state index contributed by atoms with van der Waals surface area (Å²) in [5.74, 6) is 0.0850. The molecule has 0 aliphatic rings. The number of unbranched alkanes of at least 4 members (excludes halogenated alkanes) is 47. The van der Waals surface area contributed by atoms with Crippen LogP contribution < -0.4 is 0 Å². The van der Waals surface area contributed by atoms with Crippen molar-refractivity contribution in [2.75, 3.05) is 13.2 Å². The molecule has 0 saturated carbocycles. The zero-order chi connectivity index (χ0) is 52.3. The van der Waals surface area contributed by atoms with E-state index in [1.807, 2.05) is 0 Å². The van der Waals surface area contributed by atoms with Crippen molar-refractivity contribution < 1.29 is 28.6 Å². The minimum atomic E-state index is -0.763. The van der Waals surface area contributed by atoms with E-state index in [2.05, 4.69) is 27.7 Å². The average molecular weight is 1020 g/mol. The highest BCUT2D eigenvalue weighted by molar-refractivity contribution is 5.71. The molecule has 0 radical (unpaired) electrons. The molecule has 0 bridgehead atoms. The van der Waals surface area contributed by atoms with Crippen molar-refractivity contribution >= 4 is 17.9 Å². The van der Waals surface area contributed by atoms with Gasteiger partial charge in [0.15, 0.2) is 6.10 Å². The summed E-state index contributed by atoms with van der Waals surface area (Å²) in [7, 11) is 0. The maximum atomic E-state index is 12.9. The van der Waals surface area contributed by atoms with Crippen molar-refractivity contribution in [2.45, 2.75) is 387 Å². The summed E-state index contributed by atoms with van der Waals surface area (Å²) >= 11 is 0. The van der Waals surface area contributed by atoms with Crippen molar-refractivity contribution in [1.29, 1.82) is 0 Å². The van der Waals surface area contributed by atoms with Crippen LogP contribution in [0, 0.1) is 5.92 Å². The molecule has 0 heterocycles. The van der Waals surface area contributed by atoms with Crippen LogP contribution in [0.15, 0.2) is 0 Å². The molecule has 0 fully saturated rings. The van der Waals surface area contributed by atoms with E-state index >= 15 is 0 Å². The lowest BCUT2D eigenvalue weighted by molar-refractivity contribution is -0.167. The van der Waals surface area contributed by atoms with Crippen molar-refractivity contribution in [3.05, 3.63) is 0 Å². The first-order valence-electron chi connectivity index (χ1n) is 32.9. The zero-order valence-electron chi connectivity index (χ0n) is 49.4. The molecular weight excluding hydrogens is 889 g/mol. The van der Waals surface area contributed by atoms with Gasteiger partial charge in [-0.1, -0.05) is 342 Å². The number of hydrogen-bond acceptors (Lipinski definition) is 6.